The molecule has 4 rings (SSSR count). The van der Waals surface area contributed by atoms with Crippen molar-refractivity contribution in [1.29, 1.82) is 0 Å². The highest BCUT2D eigenvalue weighted by molar-refractivity contribution is 5.22. The molecule has 1 aliphatic heterocycles. The van der Waals surface area contributed by atoms with Gasteiger partial charge in [-0.25, -0.2) is 14.6 Å². The largest absolute Gasteiger partial charge is 0.381 e. The van der Waals surface area contributed by atoms with Crippen LogP contribution in [0, 0.1) is 13.8 Å². The second-order valence-electron chi connectivity index (χ2n) is 6.98. The average molecular weight is 365 g/mol. The standard InChI is InChI=1S/C20H23N5O2/c1-13-17(20(26)22-14(2)21-13)10-18-23-19(16-8-9-27-12-16)24-25(18)11-15-6-4-3-5-7-15/h3-7,16H,8-12H2,1-2H3,(H,21,22,26)/t16-/m0/s1. The van der Waals surface area contributed by atoms with Gasteiger partial charge in [0.2, 0.25) is 0 Å². The summed E-state index contributed by atoms with van der Waals surface area (Å²) in [6.07, 6.45) is 1.34. The Morgan fingerprint density at radius 3 is 2.74 bits per heavy atom. The van der Waals surface area contributed by atoms with E-state index in [-0.39, 0.29) is 11.5 Å². The van der Waals surface area contributed by atoms with Crippen molar-refractivity contribution in [3.05, 3.63) is 75.0 Å². The number of aryl methyl sites for hydroxylation is 2. The fourth-order valence-electron chi connectivity index (χ4n) is 3.44. The highest BCUT2D eigenvalue weighted by Gasteiger charge is 2.24. The third-order valence-electron chi connectivity index (χ3n) is 4.91. The Morgan fingerprint density at radius 1 is 1.22 bits per heavy atom. The maximum absolute atomic E-state index is 12.4. The van der Waals surface area contributed by atoms with Crippen LogP contribution in [0.1, 0.15) is 46.6 Å². The van der Waals surface area contributed by atoms with Crippen molar-refractivity contribution < 1.29 is 4.74 Å². The summed E-state index contributed by atoms with van der Waals surface area (Å²) in [6, 6.07) is 10.1. The number of aromatic nitrogens is 5. The van der Waals surface area contributed by atoms with E-state index < -0.39 is 0 Å². The molecule has 0 aliphatic carbocycles. The highest BCUT2D eigenvalue weighted by atomic mass is 16.5. The van der Waals surface area contributed by atoms with Crippen LogP contribution in [0.25, 0.3) is 0 Å². The van der Waals surface area contributed by atoms with Crippen LogP contribution in [0.2, 0.25) is 0 Å². The van der Waals surface area contributed by atoms with Crippen molar-refractivity contribution in [2.45, 2.75) is 39.2 Å². The predicted molar refractivity (Wildman–Crippen MR) is 101 cm³/mol. The summed E-state index contributed by atoms with van der Waals surface area (Å²) in [6.45, 7) is 5.66. The Labute approximate surface area is 157 Å². The van der Waals surface area contributed by atoms with Crippen molar-refractivity contribution in [1.82, 2.24) is 24.7 Å². The first-order valence-electron chi connectivity index (χ1n) is 9.22. The third kappa shape index (κ3) is 3.83. The van der Waals surface area contributed by atoms with Crippen LogP contribution in [-0.4, -0.2) is 37.9 Å². The smallest absolute Gasteiger partial charge is 0.254 e. The summed E-state index contributed by atoms with van der Waals surface area (Å²) in [4.78, 5) is 24.4. The zero-order valence-corrected chi connectivity index (χ0v) is 15.6. The molecule has 2 aromatic heterocycles. The highest BCUT2D eigenvalue weighted by Crippen LogP contribution is 2.23. The van der Waals surface area contributed by atoms with Gasteiger partial charge in [-0.2, -0.15) is 5.10 Å². The van der Waals surface area contributed by atoms with Gasteiger partial charge in [-0.15, -0.1) is 0 Å². The van der Waals surface area contributed by atoms with Crippen LogP contribution < -0.4 is 5.56 Å². The molecule has 0 radical (unpaired) electrons. The van der Waals surface area contributed by atoms with Gasteiger partial charge in [0, 0.05) is 30.2 Å². The Bertz CT molecular complexity index is 987. The number of H-pyrrole nitrogens is 1. The van der Waals surface area contributed by atoms with Crippen LogP contribution in [0.5, 0.6) is 0 Å². The minimum Gasteiger partial charge on any atom is -0.381 e. The van der Waals surface area contributed by atoms with E-state index in [0.717, 1.165) is 35.9 Å². The van der Waals surface area contributed by atoms with Gasteiger partial charge in [-0.3, -0.25) is 4.79 Å². The topological polar surface area (TPSA) is 85.7 Å². The number of aromatic amines is 1. The Balaban J connectivity index is 1.70. The Morgan fingerprint density at radius 2 is 2.04 bits per heavy atom. The van der Waals surface area contributed by atoms with Gasteiger partial charge in [0.05, 0.1) is 13.2 Å². The van der Waals surface area contributed by atoms with E-state index in [0.29, 0.717) is 31.0 Å². The van der Waals surface area contributed by atoms with E-state index in [4.69, 9.17) is 14.8 Å². The van der Waals surface area contributed by atoms with Gasteiger partial charge < -0.3 is 9.72 Å². The maximum Gasteiger partial charge on any atom is 0.254 e. The van der Waals surface area contributed by atoms with Crippen molar-refractivity contribution >= 4 is 0 Å². The van der Waals surface area contributed by atoms with Crippen molar-refractivity contribution in [2.24, 2.45) is 0 Å². The molecule has 1 aromatic carbocycles. The maximum atomic E-state index is 12.4. The normalized spacial score (nSPS) is 16.7. The first-order valence-corrected chi connectivity index (χ1v) is 9.22. The minimum atomic E-state index is -0.111. The number of hydrogen-bond acceptors (Lipinski definition) is 5. The molecule has 0 spiro atoms. The molecule has 0 bridgehead atoms. The monoisotopic (exact) mass is 365 g/mol. The molecular formula is C20H23N5O2. The van der Waals surface area contributed by atoms with E-state index in [1.54, 1.807) is 6.92 Å². The van der Waals surface area contributed by atoms with Gasteiger partial charge in [-0.1, -0.05) is 30.3 Å². The SMILES string of the molecule is Cc1nc(C)c(Cc2nc([C@H]3CCOC3)nn2Cc2ccccc2)c(=O)[nH]1. The van der Waals surface area contributed by atoms with E-state index in [2.05, 4.69) is 22.1 Å². The first-order chi connectivity index (χ1) is 13.1. The molecule has 0 saturated carbocycles. The Hall–Kier alpha value is -2.80. The molecule has 0 amide bonds. The lowest BCUT2D eigenvalue weighted by Gasteiger charge is -2.08. The predicted octanol–water partition coefficient (Wildman–Crippen LogP) is 2.12. The van der Waals surface area contributed by atoms with Gasteiger partial charge in [0.25, 0.3) is 5.56 Å². The van der Waals surface area contributed by atoms with Gasteiger partial charge >= 0.3 is 0 Å². The molecule has 1 atom stereocenters. The van der Waals surface area contributed by atoms with Gasteiger partial charge in [0.1, 0.15) is 11.6 Å². The quantitative estimate of drug-likeness (QED) is 0.748. The molecule has 1 N–H and O–H groups in total. The lowest BCUT2D eigenvalue weighted by Crippen LogP contribution is -2.20. The van der Waals surface area contributed by atoms with Crippen molar-refractivity contribution in [3.8, 4) is 0 Å². The fraction of sp³-hybridized carbons (Fsp3) is 0.400. The number of nitrogens with zero attached hydrogens (tertiary/aromatic N) is 4. The van der Waals surface area contributed by atoms with E-state index >= 15 is 0 Å². The molecule has 3 heterocycles. The van der Waals surface area contributed by atoms with Crippen LogP contribution in [0.3, 0.4) is 0 Å². The summed E-state index contributed by atoms with van der Waals surface area (Å²) in [5.41, 5.74) is 2.40. The zero-order valence-electron chi connectivity index (χ0n) is 15.6. The Kier molecular flexibility index (Phi) is 4.85. The van der Waals surface area contributed by atoms with Crippen LogP contribution in [0.4, 0.5) is 0 Å². The average Bonchev–Trinajstić information content (AvgIpc) is 3.29. The second-order valence-corrected chi connectivity index (χ2v) is 6.98. The first kappa shape index (κ1) is 17.6. The summed E-state index contributed by atoms with van der Waals surface area (Å²) < 4.78 is 7.40. The van der Waals surface area contributed by atoms with Crippen molar-refractivity contribution in [3.63, 3.8) is 0 Å². The number of rotatable bonds is 5. The molecule has 27 heavy (non-hydrogen) atoms. The molecule has 7 nitrogen and oxygen atoms in total. The number of ether oxygens (including phenoxy) is 1. The lowest BCUT2D eigenvalue weighted by atomic mass is 10.1. The molecule has 1 saturated heterocycles. The second kappa shape index (κ2) is 7.44. The van der Waals surface area contributed by atoms with Crippen LogP contribution in [0.15, 0.2) is 35.1 Å². The molecule has 7 heteroatoms. The summed E-state index contributed by atoms with van der Waals surface area (Å²) >= 11 is 0. The zero-order chi connectivity index (χ0) is 18.8. The van der Waals surface area contributed by atoms with E-state index in [9.17, 15) is 4.79 Å². The fourth-order valence-corrected chi connectivity index (χ4v) is 3.44. The third-order valence-corrected chi connectivity index (χ3v) is 4.91. The summed E-state index contributed by atoms with van der Waals surface area (Å²) in [7, 11) is 0. The lowest BCUT2D eigenvalue weighted by molar-refractivity contribution is 0.193. The summed E-state index contributed by atoms with van der Waals surface area (Å²) in [5.74, 6) is 2.42. The van der Waals surface area contributed by atoms with Crippen molar-refractivity contribution in [2.75, 3.05) is 13.2 Å². The molecule has 1 fully saturated rings. The van der Waals surface area contributed by atoms with Gasteiger partial charge in [0.15, 0.2) is 5.82 Å². The number of nitrogens with one attached hydrogen (secondary N) is 1. The number of hydrogen-bond donors (Lipinski definition) is 1. The summed E-state index contributed by atoms with van der Waals surface area (Å²) in [5, 5.41) is 4.75. The molecule has 0 unspecified atom stereocenters. The molecular weight excluding hydrogens is 342 g/mol. The van der Waals surface area contributed by atoms with Gasteiger partial charge in [-0.05, 0) is 25.8 Å². The molecule has 3 aromatic rings. The minimum absolute atomic E-state index is 0.111. The van der Waals surface area contributed by atoms with E-state index in [1.165, 1.54) is 0 Å². The van der Waals surface area contributed by atoms with Crippen LogP contribution in [-0.2, 0) is 17.7 Å². The van der Waals surface area contributed by atoms with Crippen LogP contribution >= 0.6 is 0 Å². The van der Waals surface area contributed by atoms with E-state index in [1.807, 2.05) is 29.8 Å². The number of benzene rings is 1. The molecule has 1 aliphatic rings. The molecule has 140 valence electrons.